The Morgan fingerprint density at radius 1 is 1.07 bits per heavy atom. The highest BCUT2D eigenvalue weighted by molar-refractivity contribution is 7.16. The molecule has 0 bridgehead atoms. The first-order valence-corrected chi connectivity index (χ1v) is 10.8. The normalized spacial score (nSPS) is 15.3. The van der Waals surface area contributed by atoms with Gasteiger partial charge in [-0.2, -0.15) is 0 Å². The van der Waals surface area contributed by atoms with Gasteiger partial charge in [-0.25, -0.2) is 4.79 Å². The van der Waals surface area contributed by atoms with E-state index in [0.29, 0.717) is 23.7 Å². The molecule has 3 rings (SSSR count). The number of rotatable bonds is 7. The Balaban J connectivity index is 1.48. The van der Waals surface area contributed by atoms with E-state index in [9.17, 15) is 9.59 Å². The van der Waals surface area contributed by atoms with Gasteiger partial charge in [-0.05, 0) is 32.4 Å². The Bertz CT molecular complexity index is 839. The number of esters is 1. The van der Waals surface area contributed by atoms with Crippen molar-refractivity contribution in [3.05, 3.63) is 51.9 Å². The molecule has 1 fully saturated rings. The van der Waals surface area contributed by atoms with Gasteiger partial charge < -0.3 is 10.1 Å². The van der Waals surface area contributed by atoms with Crippen molar-refractivity contribution in [3.8, 4) is 0 Å². The van der Waals surface area contributed by atoms with Crippen LogP contribution in [0.5, 0.6) is 0 Å². The summed E-state index contributed by atoms with van der Waals surface area (Å²) < 4.78 is 5.08. The minimum atomic E-state index is -0.392. The van der Waals surface area contributed by atoms with Crippen LogP contribution < -0.4 is 5.32 Å². The number of hydrogen-bond donors (Lipinski definition) is 1. The molecule has 1 aromatic carbocycles. The van der Waals surface area contributed by atoms with Crippen molar-refractivity contribution >= 4 is 28.2 Å². The molecule has 1 N–H and O–H groups in total. The molecule has 1 saturated heterocycles. The van der Waals surface area contributed by atoms with E-state index in [1.165, 1.54) is 22.5 Å². The third kappa shape index (κ3) is 6.13. The maximum atomic E-state index is 12.5. The SMILES string of the molecule is CCOC(=O)c1cc(C)sc1NC(=O)CN1CCN(Cc2ccc(C)cc2)CC1. The third-order valence-corrected chi connectivity index (χ3v) is 5.93. The summed E-state index contributed by atoms with van der Waals surface area (Å²) in [5, 5.41) is 3.47. The molecule has 1 aliphatic rings. The molecule has 156 valence electrons. The number of thiophene rings is 1. The predicted molar refractivity (Wildman–Crippen MR) is 117 cm³/mol. The van der Waals surface area contributed by atoms with Crippen molar-refractivity contribution in [1.29, 1.82) is 0 Å². The Hall–Kier alpha value is -2.22. The Morgan fingerprint density at radius 3 is 2.38 bits per heavy atom. The van der Waals surface area contributed by atoms with E-state index in [1.807, 2.05) is 6.92 Å². The number of carbonyl (C=O) groups excluding carboxylic acids is 2. The first-order valence-electron chi connectivity index (χ1n) is 10.0. The fourth-order valence-electron chi connectivity index (χ4n) is 3.39. The molecular formula is C22H29N3O3S. The highest BCUT2D eigenvalue weighted by Gasteiger charge is 2.21. The van der Waals surface area contributed by atoms with Crippen LogP contribution in [-0.4, -0.2) is 61.0 Å². The van der Waals surface area contributed by atoms with Gasteiger partial charge >= 0.3 is 5.97 Å². The minimum Gasteiger partial charge on any atom is -0.462 e. The van der Waals surface area contributed by atoms with Crippen LogP contribution in [0, 0.1) is 13.8 Å². The van der Waals surface area contributed by atoms with Crippen LogP contribution in [-0.2, 0) is 16.1 Å². The number of aryl methyl sites for hydroxylation is 2. The molecule has 0 spiro atoms. The fourth-order valence-corrected chi connectivity index (χ4v) is 4.31. The van der Waals surface area contributed by atoms with Gasteiger partial charge in [0.05, 0.1) is 18.7 Å². The second-order valence-corrected chi connectivity index (χ2v) is 8.66. The van der Waals surface area contributed by atoms with Crippen LogP contribution in [0.25, 0.3) is 0 Å². The number of benzene rings is 1. The molecular weight excluding hydrogens is 386 g/mol. The summed E-state index contributed by atoms with van der Waals surface area (Å²) in [7, 11) is 0. The third-order valence-electron chi connectivity index (χ3n) is 4.96. The molecule has 0 unspecified atom stereocenters. The maximum Gasteiger partial charge on any atom is 0.341 e. The summed E-state index contributed by atoms with van der Waals surface area (Å²) in [5.74, 6) is -0.485. The van der Waals surface area contributed by atoms with Crippen LogP contribution in [0.4, 0.5) is 5.00 Å². The number of piperazine rings is 1. The molecule has 7 heteroatoms. The standard InChI is InChI=1S/C22H29N3O3S/c1-4-28-22(27)19-13-17(3)29-21(19)23-20(26)15-25-11-9-24(10-12-25)14-18-7-5-16(2)6-8-18/h5-8,13H,4,9-12,14-15H2,1-3H3,(H,23,26). The molecule has 0 aliphatic carbocycles. The van der Waals surface area contributed by atoms with Crippen LogP contribution in [0.1, 0.15) is 33.3 Å². The van der Waals surface area contributed by atoms with E-state index in [0.717, 1.165) is 37.6 Å². The molecule has 2 heterocycles. The summed E-state index contributed by atoms with van der Waals surface area (Å²) in [6, 6.07) is 10.4. The monoisotopic (exact) mass is 415 g/mol. The van der Waals surface area contributed by atoms with Crippen molar-refractivity contribution < 1.29 is 14.3 Å². The van der Waals surface area contributed by atoms with Crippen molar-refractivity contribution in [2.45, 2.75) is 27.3 Å². The number of nitrogens with one attached hydrogen (secondary N) is 1. The smallest absolute Gasteiger partial charge is 0.341 e. The average molecular weight is 416 g/mol. The number of ether oxygens (including phenoxy) is 1. The Morgan fingerprint density at radius 2 is 1.72 bits per heavy atom. The van der Waals surface area contributed by atoms with Crippen LogP contribution in [0.15, 0.2) is 30.3 Å². The summed E-state index contributed by atoms with van der Waals surface area (Å²) in [4.78, 5) is 30.1. The van der Waals surface area contributed by atoms with Gasteiger partial charge in [-0.15, -0.1) is 11.3 Å². The zero-order valence-electron chi connectivity index (χ0n) is 17.4. The van der Waals surface area contributed by atoms with Crippen LogP contribution in [0.2, 0.25) is 0 Å². The predicted octanol–water partition coefficient (Wildman–Crippen LogP) is 3.30. The van der Waals surface area contributed by atoms with E-state index >= 15 is 0 Å². The Labute approximate surface area is 176 Å². The van der Waals surface area contributed by atoms with Crippen molar-refractivity contribution in [3.63, 3.8) is 0 Å². The second-order valence-electron chi connectivity index (χ2n) is 7.41. The number of anilines is 1. The highest BCUT2D eigenvalue weighted by Crippen LogP contribution is 2.28. The van der Waals surface area contributed by atoms with Crippen molar-refractivity contribution in [2.75, 3.05) is 44.6 Å². The molecule has 29 heavy (non-hydrogen) atoms. The first kappa shape index (κ1) is 21.5. The van der Waals surface area contributed by atoms with Gasteiger partial charge in [0.2, 0.25) is 5.91 Å². The van der Waals surface area contributed by atoms with E-state index in [-0.39, 0.29) is 5.91 Å². The summed E-state index contributed by atoms with van der Waals surface area (Å²) in [6.45, 7) is 11.0. The number of nitrogens with zero attached hydrogens (tertiary/aromatic N) is 2. The van der Waals surface area contributed by atoms with E-state index < -0.39 is 5.97 Å². The van der Waals surface area contributed by atoms with E-state index in [2.05, 4.69) is 46.3 Å². The molecule has 2 aromatic rings. The Kier molecular flexibility index (Phi) is 7.41. The first-order chi connectivity index (χ1) is 13.9. The van der Waals surface area contributed by atoms with Gasteiger partial charge in [0.15, 0.2) is 0 Å². The molecule has 0 radical (unpaired) electrons. The van der Waals surface area contributed by atoms with Crippen LogP contribution in [0.3, 0.4) is 0 Å². The van der Waals surface area contributed by atoms with Gasteiger partial charge in [0.25, 0.3) is 0 Å². The molecule has 6 nitrogen and oxygen atoms in total. The van der Waals surface area contributed by atoms with Crippen molar-refractivity contribution in [2.24, 2.45) is 0 Å². The molecule has 1 aromatic heterocycles. The molecule has 0 saturated carbocycles. The lowest BCUT2D eigenvalue weighted by Gasteiger charge is -2.34. The summed E-state index contributed by atoms with van der Waals surface area (Å²) in [6.07, 6.45) is 0. The number of carbonyl (C=O) groups is 2. The lowest BCUT2D eigenvalue weighted by Crippen LogP contribution is -2.48. The number of amides is 1. The molecule has 0 atom stereocenters. The van der Waals surface area contributed by atoms with Gasteiger partial charge in [0, 0.05) is 37.6 Å². The van der Waals surface area contributed by atoms with Crippen LogP contribution >= 0.6 is 11.3 Å². The molecule has 1 amide bonds. The second kappa shape index (κ2) is 10.0. The zero-order chi connectivity index (χ0) is 20.8. The average Bonchev–Trinajstić information content (AvgIpc) is 3.05. The fraction of sp³-hybridized carbons (Fsp3) is 0.455. The lowest BCUT2D eigenvalue weighted by atomic mass is 10.1. The minimum absolute atomic E-state index is 0.0932. The van der Waals surface area contributed by atoms with Crippen molar-refractivity contribution in [1.82, 2.24) is 9.80 Å². The van der Waals surface area contributed by atoms with E-state index in [4.69, 9.17) is 4.74 Å². The van der Waals surface area contributed by atoms with Gasteiger partial charge in [-0.1, -0.05) is 29.8 Å². The highest BCUT2D eigenvalue weighted by atomic mass is 32.1. The largest absolute Gasteiger partial charge is 0.462 e. The quantitative estimate of drug-likeness (QED) is 0.703. The lowest BCUT2D eigenvalue weighted by molar-refractivity contribution is -0.117. The van der Waals surface area contributed by atoms with E-state index in [1.54, 1.807) is 13.0 Å². The number of hydrogen-bond acceptors (Lipinski definition) is 6. The topological polar surface area (TPSA) is 61.9 Å². The van der Waals surface area contributed by atoms with Gasteiger partial charge in [-0.3, -0.25) is 14.6 Å². The molecule has 1 aliphatic heterocycles. The van der Waals surface area contributed by atoms with Gasteiger partial charge in [0.1, 0.15) is 5.00 Å². The summed E-state index contributed by atoms with van der Waals surface area (Å²) >= 11 is 1.40. The maximum absolute atomic E-state index is 12.5. The zero-order valence-corrected chi connectivity index (χ0v) is 18.2. The summed E-state index contributed by atoms with van der Waals surface area (Å²) in [5.41, 5.74) is 3.03.